The highest BCUT2D eigenvalue weighted by Gasteiger charge is 2.24. The van der Waals surface area contributed by atoms with Crippen LogP contribution in [-0.2, 0) is 6.54 Å². The van der Waals surface area contributed by atoms with Gasteiger partial charge in [0.2, 0.25) is 0 Å². The first kappa shape index (κ1) is 16.3. The van der Waals surface area contributed by atoms with Crippen molar-refractivity contribution in [3.8, 4) is 0 Å². The van der Waals surface area contributed by atoms with Crippen LogP contribution in [0.1, 0.15) is 33.6 Å². The first-order valence-electron chi connectivity index (χ1n) is 7.66. The molecule has 2 rings (SSSR count). The number of piperidine rings is 1. The van der Waals surface area contributed by atoms with E-state index in [1.54, 1.807) is 6.20 Å². The second-order valence-corrected chi connectivity index (χ2v) is 6.79. The molecule has 1 saturated heterocycles. The number of anilines is 1. The highest BCUT2D eigenvalue weighted by molar-refractivity contribution is 6.33. The monoisotopic (exact) mass is 312 g/mol. The Labute approximate surface area is 131 Å². The Morgan fingerprint density at radius 3 is 2.52 bits per heavy atom. The van der Waals surface area contributed by atoms with E-state index < -0.39 is 0 Å². The second-order valence-electron chi connectivity index (χ2n) is 6.41. The lowest BCUT2D eigenvalue weighted by Crippen LogP contribution is -2.40. The predicted octanol–water partition coefficient (Wildman–Crippen LogP) is 2.12. The van der Waals surface area contributed by atoms with E-state index in [-0.39, 0.29) is 16.6 Å². The maximum absolute atomic E-state index is 12.3. The summed E-state index contributed by atoms with van der Waals surface area (Å²) in [6, 6.07) is 0.222. The number of halogens is 1. The van der Waals surface area contributed by atoms with E-state index in [9.17, 15) is 4.79 Å². The van der Waals surface area contributed by atoms with E-state index in [0.717, 1.165) is 31.6 Å². The van der Waals surface area contributed by atoms with Crippen molar-refractivity contribution in [3.63, 3.8) is 0 Å². The van der Waals surface area contributed by atoms with Crippen molar-refractivity contribution >= 4 is 17.3 Å². The highest BCUT2D eigenvalue weighted by atomic mass is 35.5. The third-order valence-corrected chi connectivity index (χ3v) is 4.48. The summed E-state index contributed by atoms with van der Waals surface area (Å²) in [5, 5.41) is 4.54. The third-order valence-electron chi connectivity index (χ3n) is 4.13. The molecule has 21 heavy (non-hydrogen) atoms. The van der Waals surface area contributed by atoms with E-state index in [2.05, 4.69) is 30.8 Å². The second kappa shape index (κ2) is 6.79. The average Bonchev–Trinajstić information content (AvgIpc) is 2.44. The van der Waals surface area contributed by atoms with Gasteiger partial charge in [0.25, 0.3) is 5.56 Å². The van der Waals surface area contributed by atoms with Gasteiger partial charge in [-0.3, -0.25) is 4.79 Å². The molecule has 6 heteroatoms. The summed E-state index contributed by atoms with van der Waals surface area (Å²) in [5.74, 6) is 0.910. The quantitative estimate of drug-likeness (QED) is 0.925. The van der Waals surface area contributed by atoms with Crippen LogP contribution < -0.4 is 16.2 Å². The highest BCUT2D eigenvalue weighted by Crippen LogP contribution is 2.27. The van der Waals surface area contributed by atoms with Gasteiger partial charge >= 0.3 is 0 Å². The summed E-state index contributed by atoms with van der Waals surface area (Å²) in [7, 11) is 0. The molecule has 0 aromatic carbocycles. The zero-order valence-corrected chi connectivity index (χ0v) is 13.8. The number of rotatable bonds is 4. The van der Waals surface area contributed by atoms with Gasteiger partial charge < -0.3 is 10.6 Å². The lowest BCUT2D eigenvalue weighted by Gasteiger charge is -2.35. The molecule has 1 atom stereocenters. The molecule has 0 saturated carbocycles. The standard InChI is InChI=1S/C15H25ClN4O/c1-10(2)9-20-15(21)14(16)13(8-18-20)19-6-4-12(5-7-19)11(3)17/h8,10-12H,4-7,9,17H2,1-3H3. The van der Waals surface area contributed by atoms with Crippen molar-refractivity contribution in [2.45, 2.75) is 46.2 Å². The molecule has 118 valence electrons. The van der Waals surface area contributed by atoms with Gasteiger partial charge in [-0.25, -0.2) is 4.68 Å². The van der Waals surface area contributed by atoms with Crippen LogP contribution in [0.3, 0.4) is 0 Å². The van der Waals surface area contributed by atoms with Crippen molar-refractivity contribution in [2.24, 2.45) is 17.6 Å². The van der Waals surface area contributed by atoms with Gasteiger partial charge in [-0.05, 0) is 31.6 Å². The molecule has 2 N–H and O–H groups in total. The largest absolute Gasteiger partial charge is 0.369 e. The molecule has 1 unspecified atom stereocenters. The SMILES string of the molecule is CC(C)Cn1ncc(N2CCC(C(C)N)CC2)c(Cl)c1=O. The van der Waals surface area contributed by atoms with E-state index >= 15 is 0 Å². The maximum Gasteiger partial charge on any atom is 0.287 e. The molecule has 0 radical (unpaired) electrons. The fourth-order valence-corrected chi connectivity index (χ4v) is 3.08. The minimum Gasteiger partial charge on any atom is -0.369 e. The molecule has 0 spiro atoms. The number of nitrogens with zero attached hydrogens (tertiary/aromatic N) is 3. The zero-order chi connectivity index (χ0) is 15.6. The summed E-state index contributed by atoms with van der Waals surface area (Å²) < 4.78 is 1.45. The first-order chi connectivity index (χ1) is 9.90. The Balaban J connectivity index is 2.15. The molecular formula is C15H25ClN4O. The van der Waals surface area contributed by atoms with E-state index in [1.165, 1.54) is 4.68 Å². The molecular weight excluding hydrogens is 288 g/mol. The summed E-state index contributed by atoms with van der Waals surface area (Å²) in [4.78, 5) is 14.4. The Morgan fingerprint density at radius 2 is 2.00 bits per heavy atom. The van der Waals surface area contributed by atoms with Crippen molar-refractivity contribution in [1.29, 1.82) is 0 Å². The normalized spacial score (nSPS) is 18.3. The van der Waals surface area contributed by atoms with Crippen molar-refractivity contribution in [3.05, 3.63) is 21.6 Å². The fourth-order valence-electron chi connectivity index (χ4n) is 2.82. The summed E-state index contributed by atoms with van der Waals surface area (Å²) in [6.07, 6.45) is 3.78. The van der Waals surface area contributed by atoms with Gasteiger partial charge in [0.05, 0.1) is 11.9 Å². The van der Waals surface area contributed by atoms with Gasteiger partial charge in [0, 0.05) is 25.7 Å². The topological polar surface area (TPSA) is 64.2 Å². The molecule has 1 fully saturated rings. The zero-order valence-electron chi connectivity index (χ0n) is 13.1. The summed E-state index contributed by atoms with van der Waals surface area (Å²) in [5.41, 5.74) is 6.52. The van der Waals surface area contributed by atoms with Crippen LogP contribution in [0.5, 0.6) is 0 Å². The van der Waals surface area contributed by atoms with Gasteiger partial charge in [-0.1, -0.05) is 25.4 Å². The van der Waals surface area contributed by atoms with Crippen LogP contribution in [0.2, 0.25) is 5.02 Å². The Bertz CT molecular complexity index is 533. The number of aromatic nitrogens is 2. The Kier molecular flexibility index (Phi) is 5.27. The molecule has 0 amide bonds. The first-order valence-corrected chi connectivity index (χ1v) is 8.04. The van der Waals surface area contributed by atoms with Gasteiger partial charge in [-0.2, -0.15) is 5.10 Å². The molecule has 0 bridgehead atoms. The van der Waals surface area contributed by atoms with Crippen LogP contribution in [0.15, 0.2) is 11.0 Å². The van der Waals surface area contributed by atoms with Crippen molar-refractivity contribution in [2.75, 3.05) is 18.0 Å². The predicted molar refractivity (Wildman–Crippen MR) is 86.9 cm³/mol. The number of hydrogen-bond acceptors (Lipinski definition) is 4. The minimum absolute atomic E-state index is 0.197. The molecule has 0 aliphatic carbocycles. The van der Waals surface area contributed by atoms with E-state index in [4.69, 9.17) is 17.3 Å². The number of nitrogens with two attached hydrogens (primary N) is 1. The molecule has 1 aromatic rings. The Morgan fingerprint density at radius 1 is 1.38 bits per heavy atom. The van der Waals surface area contributed by atoms with Crippen LogP contribution in [0.4, 0.5) is 5.69 Å². The molecule has 1 aliphatic rings. The van der Waals surface area contributed by atoms with Gasteiger partial charge in [-0.15, -0.1) is 0 Å². The molecule has 1 aliphatic heterocycles. The summed E-state index contributed by atoms with van der Waals surface area (Å²) in [6.45, 7) is 8.50. The molecule has 5 nitrogen and oxygen atoms in total. The van der Waals surface area contributed by atoms with E-state index in [1.807, 2.05) is 0 Å². The lowest BCUT2D eigenvalue weighted by molar-refractivity contribution is 0.354. The van der Waals surface area contributed by atoms with Crippen molar-refractivity contribution < 1.29 is 0 Å². The van der Waals surface area contributed by atoms with E-state index in [0.29, 0.717) is 18.4 Å². The van der Waals surface area contributed by atoms with Crippen LogP contribution >= 0.6 is 11.6 Å². The smallest absolute Gasteiger partial charge is 0.287 e. The van der Waals surface area contributed by atoms with Gasteiger partial charge in [0.1, 0.15) is 5.02 Å². The number of hydrogen-bond donors (Lipinski definition) is 1. The minimum atomic E-state index is -0.197. The average molecular weight is 313 g/mol. The fraction of sp³-hybridized carbons (Fsp3) is 0.733. The van der Waals surface area contributed by atoms with Crippen molar-refractivity contribution in [1.82, 2.24) is 9.78 Å². The molecule has 1 aromatic heterocycles. The van der Waals surface area contributed by atoms with Gasteiger partial charge in [0.15, 0.2) is 0 Å². The summed E-state index contributed by atoms with van der Waals surface area (Å²) >= 11 is 6.27. The van der Waals surface area contributed by atoms with Crippen LogP contribution in [-0.4, -0.2) is 28.9 Å². The Hall–Kier alpha value is -1.07. The third kappa shape index (κ3) is 3.77. The van der Waals surface area contributed by atoms with Crippen LogP contribution in [0, 0.1) is 11.8 Å². The lowest BCUT2D eigenvalue weighted by atomic mass is 9.91. The maximum atomic E-state index is 12.3. The van der Waals surface area contributed by atoms with Crippen LogP contribution in [0.25, 0.3) is 0 Å². The molecule has 2 heterocycles.